The molecule has 0 bridgehead atoms. The second kappa shape index (κ2) is 9.08. The maximum atomic E-state index is 12.9. The van der Waals surface area contributed by atoms with Crippen LogP contribution < -0.4 is 10.6 Å². The van der Waals surface area contributed by atoms with E-state index in [-0.39, 0.29) is 11.8 Å². The highest BCUT2D eigenvalue weighted by Crippen LogP contribution is 2.38. The second-order valence-corrected chi connectivity index (χ2v) is 8.84. The lowest BCUT2D eigenvalue weighted by atomic mass is 9.73. The van der Waals surface area contributed by atoms with Gasteiger partial charge < -0.3 is 15.4 Å². The molecule has 2 fully saturated rings. The van der Waals surface area contributed by atoms with Gasteiger partial charge in [-0.2, -0.15) is 0 Å². The molecule has 2 aliphatic rings. The number of rotatable bonds is 6. The van der Waals surface area contributed by atoms with E-state index in [4.69, 9.17) is 4.74 Å². The standard InChI is InChI=1S/C23H31N3O5/c1-14(2)17-8-10-18(11-9-17)24-20(28)16(4)31-19(27)13-26-21(29)23(25-22(26)30)12-6-5-7-15(23)3/h8-11,14-16H,5-7,12-13H2,1-4H3,(H,24,28)(H,25,30)/t15-,16+,23-/m1/s1. The Kier molecular flexibility index (Phi) is 6.67. The van der Waals surface area contributed by atoms with Crippen LogP contribution in [0.2, 0.25) is 0 Å². The van der Waals surface area contributed by atoms with Crippen molar-refractivity contribution in [2.24, 2.45) is 5.92 Å². The van der Waals surface area contributed by atoms with Crippen LogP contribution in [0.5, 0.6) is 0 Å². The summed E-state index contributed by atoms with van der Waals surface area (Å²) in [6, 6.07) is 6.85. The van der Waals surface area contributed by atoms with Crippen molar-refractivity contribution in [3.8, 4) is 0 Å². The number of nitrogens with zero attached hydrogens (tertiary/aromatic N) is 1. The highest BCUT2D eigenvalue weighted by Gasteiger charge is 2.55. The van der Waals surface area contributed by atoms with Gasteiger partial charge in [-0.05, 0) is 49.3 Å². The van der Waals surface area contributed by atoms with Gasteiger partial charge in [0.05, 0.1) is 0 Å². The fraction of sp³-hybridized carbons (Fsp3) is 0.565. The van der Waals surface area contributed by atoms with E-state index in [1.165, 1.54) is 6.92 Å². The zero-order chi connectivity index (χ0) is 22.8. The highest BCUT2D eigenvalue weighted by atomic mass is 16.5. The molecule has 8 heteroatoms. The van der Waals surface area contributed by atoms with Gasteiger partial charge in [0, 0.05) is 5.69 Å². The molecule has 8 nitrogen and oxygen atoms in total. The average Bonchev–Trinajstić information content (AvgIpc) is 2.95. The monoisotopic (exact) mass is 429 g/mol. The first-order chi connectivity index (χ1) is 14.6. The lowest BCUT2D eigenvalue weighted by Crippen LogP contribution is -2.54. The van der Waals surface area contributed by atoms with Crippen LogP contribution in [-0.2, 0) is 19.1 Å². The number of anilines is 1. The molecule has 168 valence electrons. The Balaban J connectivity index is 1.55. The quantitative estimate of drug-likeness (QED) is 0.534. The summed E-state index contributed by atoms with van der Waals surface area (Å²) < 4.78 is 5.18. The van der Waals surface area contributed by atoms with Gasteiger partial charge >= 0.3 is 12.0 Å². The highest BCUT2D eigenvalue weighted by molar-refractivity contribution is 6.09. The molecule has 1 aromatic carbocycles. The first-order valence-electron chi connectivity index (χ1n) is 10.9. The zero-order valence-electron chi connectivity index (χ0n) is 18.6. The van der Waals surface area contributed by atoms with Crippen molar-refractivity contribution in [3.05, 3.63) is 29.8 Å². The summed E-state index contributed by atoms with van der Waals surface area (Å²) in [5.41, 5.74) is 0.816. The van der Waals surface area contributed by atoms with E-state index >= 15 is 0 Å². The van der Waals surface area contributed by atoms with Crippen LogP contribution in [0.15, 0.2) is 24.3 Å². The summed E-state index contributed by atoms with van der Waals surface area (Å²) >= 11 is 0. The molecule has 1 spiro atoms. The van der Waals surface area contributed by atoms with Gasteiger partial charge in [-0.1, -0.05) is 45.7 Å². The molecule has 0 aromatic heterocycles. The molecule has 3 rings (SSSR count). The third kappa shape index (κ3) is 4.73. The van der Waals surface area contributed by atoms with Gasteiger partial charge in [-0.15, -0.1) is 0 Å². The smallest absolute Gasteiger partial charge is 0.327 e. The van der Waals surface area contributed by atoms with Gasteiger partial charge in [0.2, 0.25) is 0 Å². The van der Waals surface area contributed by atoms with Crippen molar-refractivity contribution in [1.29, 1.82) is 0 Å². The minimum absolute atomic E-state index is 0.00510. The molecule has 0 unspecified atom stereocenters. The molecule has 1 aliphatic carbocycles. The largest absolute Gasteiger partial charge is 0.451 e. The molecule has 0 radical (unpaired) electrons. The van der Waals surface area contributed by atoms with E-state index in [2.05, 4.69) is 24.5 Å². The Morgan fingerprint density at radius 3 is 2.48 bits per heavy atom. The molecular formula is C23H31N3O5. The van der Waals surface area contributed by atoms with Crippen LogP contribution in [0.4, 0.5) is 10.5 Å². The third-order valence-electron chi connectivity index (χ3n) is 6.31. The first kappa shape index (κ1) is 22.8. The lowest BCUT2D eigenvalue weighted by molar-refractivity contribution is -0.155. The topological polar surface area (TPSA) is 105 Å². The van der Waals surface area contributed by atoms with Crippen molar-refractivity contribution >= 4 is 29.5 Å². The summed E-state index contributed by atoms with van der Waals surface area (Å²) in [6.07, 6.45) is 2.21. The van der Waals surface area contributed by atoms with Crippen LogP contribution in [0, 0.1) is 5.92 Å². The molecular weight excluding hydrogens is 398 g/mol. The van der Waals surface area contributed by atoms with E-state index < -0.39 is 36.1 Å². The van der Waals surface area contributed by atoms with Crippen LogP contribution in [-0.4, -0.2) is 46.9 Å². The summed E-state index contributed by atoms with van der Waals surface area (Å²) in [7, 11) is 0. The third-order valence-corrected chi connectivity index (χ3v) is 6.31. The van der Waals surface area contributed by atoms with Gasteiger partial charge in [0.15, 0.2) is 6.10 Å². The summed E-state index contributed by atoms with van der Waals surface area (Å²) in [6.45, 7) is 7.04. The molecule has 2 N–H and O–H groups in total. The summed E-state index contributed by atoms with van der Waals surface area (Å²) in [4.78, 5) is 50.9. The minimum atomic E-state index is -1.07. The van der Waals surface area contributed by atoms with Gasteiger partial charge in [0.1, 0.15) is 12.1 Å². The number of nitrogens with one attached hydrogen (secondary N) is 2. The zero-order valence-corrected chi connectivity index (χ0v) is 18.6. The first-order valence-corrected chi connectivity index (χ1v) is 10.9. The molecule has 1 aliphatic heterocycles. The van der Waals surface area contributed by atoms with Gasteiger partial charge in [0.25, 0.3) is 11.8 Å². The number of hydrogen-bond donors (Lipinski definition) is 2. The van der Waals surface area contributed by atoms with Crippen molar-refractivity contribution in [2.45, 2.75) is 70.9 Å². The van der Waals surface area contributed by atoms with E-state index in [9.17, 15) is 19.2 Å². The Labute approximate surface area is 182 Å². The van der Waals surface area contributed by atoms with Crippen molar-refractivity contribution in [1.82, 2.24) is 10.2 Å². The fourth-order valence-corrected chi connectivity index (χ4v) is 4.25. The van der Waals surface area contributed by atoms with E-state index in [0.717, 1.165) is 29.7 Å². The number of carbonyl (C=O) groups excluding carboxylic acids is 4. The summed E-state index contributed by atoms with van der Waals surface area (Å²) in [5.74, 6) is -1.29. The number of esters is 1. The predicted octanol–water partition coefficient (Wildman–Crippen LogP) is 3.18. The Hall–Kier alpha value is -2.90. The number of imide groups is 1. The van der Waals surface area contributed by atoms with Crippen molar-refractivity contribution in [2.75, 3.05) is 11.9 Å². The number of benzene rings is 1. The van der Waals surface area contributed by atoms with E-state index in [1.54, 1.807) is 12.1 Å². The van der Waals surface area contributed by atoms with Gasteiger partial charge in [-0.3, -0.25) is 19.3 Å². The van der Waals surface area contributed by atoms with Crippen molar-refractivity contribution in [3.63, 3.8) is 0 Å². The number of ether oxygens (including phenoxy) is 1. The average molecular weight is 430 g/mol. The Bertz CT molecular complexity index is 866. The number of amides is 4. The fourth-order valence-electron chi connectivity index (χ4n) is 4.25. The normalized spacial score (nSPS) is 24.3. The van der Waals surface area contributed by atoms with Crippen molar-refractivity contribution < 1.29 is 23.9 Å². The maximum absolute atomic E-state index is 12.9. The Morgan fingerprint density at radius 1 is 1.19 bits per heavy atom. The minimum Gasteiger partial charge on any atom is -0.451 e. The molecule has 3 atom stereocenters. The van der Waals surface area contributed by atoms with E-state index in [1.807, 2.05) is 19.1 Å². The Morgan fingerprint density at radius 2 is 1.87 bits per heavy atom. The number of hydrogen-bond acceptors (Lipinski definition) is 5. The molecule has 4 amide bonds. The second-order valence-electron chi connectivity index (χ2n) is 8.84. The lowest BCUT2D eigenvalue weighted by Gasteiger charge is -2.36. The molecule has 1 saturated carbocycles. The molecule has 31 heavy (non-hydrogen) atoms. The van der Waals surface area contributed by atoms with E-state index in [0.29, 0.717) is 18.0 Å². The van der Waals surface area contributed by atoms with Gasteiger partial charge in [-0.25, -0.2) is 4.79 Å². The number of urea groups is 1. The maximum Gasteiger partial charge on any atom is 0.327 e. The predicted molar refractivity (Wildman–Crippen MR) is 115 cm³/mol. The SMILES string of the molecule is CC(C)c1ccc(NC(=O)[C@H](C)OC(=O)CN2C(=O)N[C@@]3(CCCC[C@H]3C)C2=O)cc1. The molecule has 1 aromatic rings. The summed E-state index contributed by atoms with van der Waals surface area (Å²) in [5, 5.41) is 5.50. The molecule has 1 saturated heterocycles. The van der Waals surface area contributed by atoms with Crippen LogP contribution >= 0.6 is 0 Å². The number of carbonyl (C=O) groups is 4. The van der Waals surface area contributed by atoms with Crippen LogP contribution in [0.25, 0.3) is 0 Å². The molecule has 1 heterocycles. The van der Waals surface area contributed by atoms with Crippen LogP contribution in [0.3, 0.4) is 0 Å². The van der Waals surface area contributed by atoms with Crippen LogP contribution in [0.1, 0.15) is 64.9 Å².